The van der Waals surface area contributed by atoms with Gasteiger partial charge in [-0.15, -0.1) is 5.10 Å². The lowest BCUT2D eigenvalue weighted by atomic mass is 9.90. The molecule has 2 rings (SSSR count). The van der Waals surface area contributed by atoms with Crippen molar-refractivity contribution in [2.24, 2.45) is 0 Å². The summed E-state index contributed by atoms with van der Waals surface area (Å²) < 4.78 is 1.83. The van der Waals surface area contributed by atoms with Crippen LogP contribution in [-0.2, 0) is 0 Å². The number of aromatic nitrogens is 3. The van der Waals surface area contributed by atoms with Gasteiger partial charge in [-0.05, 0) is 19.9 Å². The summed E-state index contributed by atoms with van der Waals surface area (Å²) in [6.45, 7) is 0. The van der Waals surface area contributed by atoms with Gasteiger partial charge in [-0.2, -0.15) is 5.26 Å². The summed E-state index contributed by atoms with van der Waals surface area (Å²) >= 11 is 0. The molecule has 0 aromatic carbocycles. The maximum atomic E-state index is 8.69. The van der Waals surface area contributed by atoms with Crippen LogP contribution in [0.3, 0.4) is 0 Å². The van der Waals surface area contributed by atoms with E-state index in [1.54, 1.807) is 6.20 Å². The standard InChI is InChI=1S/C10H15N5/c1-12-9-4-2-3-5-10(9)15-7-8(6-11)13-14-15/h7,9-10,12H,2-5H2,1H3. The highest BCUT2D eigenvalue weighted by atomic mass is 15.4. The number of hydrogen-bond acceptors (Lipinski definition) is 4. The van der Waals surface area contributed by atoms with E-state index >= 15 is 0 Å². The minimum absolute atomic E-state index is 0.346. The topological polar surface area (TPSA) is 66.5 Å². The van der Waals surface area contributed by atoms with E-state index in [2.05, 4.69) is 15.6 Å². The van der Waals surface area contributed by atoms with Crippen LogP contribution in [0, 0.1) is 11.3 Å². The van der Waals surface area contributed by atoms with Crippen LogP contribution in [0.15, 0.2) is 6.20 Å². The molecular weight excluding hydrogens is 190 g/mol. The van der Waals surface area contributed by atoms with Crippen LogP contribution in [0.4, 0.5) is 0 Å². The smallest absolute Gasteiger partial charge is 0.182 e. The first-order chi connectivity index (χ1) is 7.35. The first-order valence-corrected chi connectivity index (χ1v) is 5.34. The van der Waals surface area contributed by atoms with Gasteiger partial charge in [0, 0.05) is 6.04 Å². The molecule has 15 heavy (non-hydrogen) atoms. The monoisotopic (exact) mass is 205 g/mol. The second-order valence-corrected chi connectivity index (χ2v) is 3.94. The zero-order valence-electron chi connectivity index (χ0n) is 8.85. The fraction of sp³-hybridized carbons (Fsp3) is 0.700. The molecule has 1 aliphatic rings. The van der Waals surface area contributed by atoms with Crippen LogP contribution in [0.25, 0.3) is 0 Å². The number of nitrogens with zero attached hydrogens (tertiary/aromatic N) is 4. The first kappa shape index (κ1) is 10.1. The molecule has 80 valence electrons. The van der Waals surface area contributed by atoms with E-state index in [0.717, 1.165) is 6.42 Å². The van der Waals surface area contributed by atoms with Crippen molar-refractivity contribution in [1.29, 1.82) is 5.26 Å². The normalized spacial score (nSPS) is 26.1. The van der Waals surface area contributed by atoms with Crippen molar-refractivity contribution in [3.8, 4) is 6.07 Å². The SMILES string of the molecule is CNC1CCCCC1n1cc(C#N)nn1. The van der Waals surface area contributed by atoms with Crippen molar-refractivity contribution in [2.45, 2.75) is 37.8 Å². The molecule has 0 amide bonds. The summed E-state index contributed by atoms with van der Waals surface area (Å²) in [4.78, 5) is 0. The van der Waals surface area contributed by atoms with E-state index in [9.17, 15) is 0 Å². The van der Waals surface area contributed by atoms with Crippen molar-refractivity contribution >= 4 is 0 Å². The van der Waals surface area contributed by atoms with Crippen LogP contribution in [0.2, 0.25) is 0 Å². The van der Waals surface area contributed by atoms with E-state index in [-0.39, 0.29) is 0 Å². The molecule has 1 heterocycles. The Morgan fingerprint density at radius 3 is 3.00 bits per heavy atom. The molecule has 0 aliphatic heterocycles. The maximum absolute atomic E-state index is 8.69. The zero-order valence-corrected chi connectivity index (χ0v) is 8.85. The van der Waals surface area contributed by atoms with Crippen LogP contribution >= 0.6 is 0 Å². The third-order valence-corrected chi connectivity index (χ3v) is 3.06. The Kier molecular flexibility index (Phi) is 2.97. The molecular formula is C10H15N5. The van der Waals surface area contributed by atoms with E-state index < -0.39 is 0 Å². The predicted octanol–water partition coefficient (Wildman–Crippen LogP) is 0.853. The van der Waals surface area contributed by atoms with E-state index in [0.29, 0.717) is 17.8 Å². The highest BCUT2D eigenvalue weighted by molar-refractivity contribution is 5.13. The number of rotatable bonds is 2. The van der Waals surface area contributed by atoms with Crippen LogP contribution in [0.5, 0.6) is 0 Å². The van der Waals surface area contributed by atoms with Crippen molar-refractivity contribution in [1.82, 2.24) is 20.3 Å². The lowest BCUT2D eigenvalue weighted by Gasteiger charge is -2.30. The summed E-state index contributed by atoms with van der Waals surface area (Å²) in [5.41, 5.74) is 0.399. The fourth-order valence-electron chi connectivity index (χ4n) is 2.25. The summed E-state index contributed by atoms with van der Waals surface area (Å²) in [6, 6.07) is 2.80. The molecule has 1 fully saturated rings. The van der Waals surface area contributed by atoms with Crippen molar-refractivity contribution in [3.05, 3.63) is 11.9 Å². The number of likely N-dealkylation sites (N-methyl/N-ethyl adjacent to an activating group) is 1. The summed E-state index contributed by atoms with van der Waals surface area (Å²) in [5, 5.41) is 19.8. The molecule has 5 nitrogen and oxygen atoms in total. The van der Waals surface area contributed by atoms with Crippen LogP contribution in [0.1, 0.15) is 37.4 Å². The molecule has 1 aromatic rings. The van der Waals surface area contributed by atoms with Crippen LogP contribution in [-0.4, -0.2) is 28.1 Å². The highest BCUT2D eigenvalue weighted by Crippen LogP contribution is 2.27. The van der Waals surface area contributed by atoms with Crippen molar-refractivity contribution < 1.29 is 0 Å². The van der Waals surface area contributed by atoms with Gasteiger partial charge in [0.2, 0.25) is 0 Å². The summed E-state index contributed by atoms with van der Waals surface area (Å²) in [5.74, 6) is 0. The summed E-state index contributed by atoms with van der Waals surface area (Å²) in [6.07, 6.45) is 6.51. The van der Waals surface area contributed by atoms with Gasteiger partial charge in [-0.3, -0.25) is 0 Å². The Bertz CT molecular complexity index is 364. The van der Waals surface area contributed by atoms with Gasteiger partial charge < -0.3 is 5.32 Å². The average molecular weight is 205 g/mol. The molecule has 0 radical (unpaired) electrons. The number of nitriles is 1. The first-order valence-electron chi connectivity index (χ1n) is 5.34. The molecule has 1 aliphatic carbocycles. The van der Waals surface area contributed by atoms with Crippen molar-refractivity contribution in [3.63, 3.8) is 0 Å². The Hall–Kier alpha value is -1.41. The molecule has 1 N–H and O–H groups in total. The Morgan fingerprint density at radius 2 is 2.33 bits per heavy atom. The largest absolute Gasteiger partial charge is 0.315 e. The van der Waals surface area contributed by atoms with Gasteiger partial charge in [0.05, 0.1) is 12.2 Å². The minimum atomic E-state index is 0.346. The van der Waals surface area contributed by atoms with E-state index in [1.807, 2.05) is 17.8 Å². The molecule has 2 unspecified atom stereocenters. The number of hydrogen-bond donors (Lipinski definition) is 1. The Balaban J connectivity index is 2.17. The van der Waals surface area contributed by atoms with Crippen LogP contribution < -0.4 is 5.32 Å². The quantitative estimate of drug-likeness (QED) is 0.777. The number of nitrogens with one attached hydrogen (secondary N) is 1. The highest BCUT2D eigenvalue weighted by Gasteiger charge is 2.26. The van der Waals surface area contributed by atoms with E-state index in [1.165, 1.54) is 19.3 Å². The van der Waals surface area contributed by atoms with Gasteiger partial charge >= 0.3 is 0 Å². The lowest BCUT2D eigenvalue weighted by Crippen LogP contribution is -2.37. The second kappa shape index (κ2) is 4.41. The zero-order chi connectivity index (χ0) is 10.7. The third-order valence-electron chi connectivity index (χ3n) is 3.06. The molecule has 5 heteroatoms. The minimum Gasteiger partial charge on any atom is -0.315 e. The molecule has 2 atom stereocenters. The lowest BCUT2D eigenvalue weighted by molar-refractivity contribution is 0.254. The predicted molar refractivity (Wildman–Crippen MR) is 55.1 cm³/mol. The maximum Gasteiger partial charge on any atom is 0.182 e. The van der Waals surface area contributed by atoms with Gasteiger partial charge in [0.15, 0.2) is 5.69 Å². The van der Waals surface area contributed by atoms with E-state index in [4.69, 9.17) is 5.26 Å². The molecule has 1 saturated carbocycles. The van der Waals surface area contributed by atoms with Gasteiger partial charge in [-0.1, -0.05) is 18.1 Å². The second-order valence-electron chi connectivity index (χ2n) is 3.94. The van der Waals surface area contributed by atoms with Gasteiger partial charge in [-0.25, -0.2) is 4.68 Å². The van der Waals surface area contributed by atoms with Gasteiger partial charge in [0.25, 0.3) is 0 Å². The molecule has 0 saturated heterocycles. The average Bonchev–Trinajstić information content (AvgIpc) is 2.77. The van der Waals surface area contributed by atoms with Gasteiger partial charge in [0.1, 0.15) is 6.07 Å². The Labute approximate surface area is 89.1 Å². The fourth-order valence-corrected chi connectivity index (χ4v) is 2.25. The molecule has 1 aromatic heterocycles. The Morgan fingerprint density at radius 1 is 1.53 bits per heavy atom. The molecule has 0 spiro atoms. The molecule has 0 bridgehead atoms. The van der Waals surface area contributed by atoms with Crippen molar-refractivity contribution in [2.75, 3.05) is 7.05 Å². The third kappa shape index (κ3) is 2.00. The summed E-state index contributed by atoms with van der Waals surface area (Å²) in [7, 11) is 1.98.